The third-order valence-electron chi connectivity index (χ3n) is 7.08. The quantitative estimate of drug-likeness (QED) is 0.0437. The first kappa shape index (κ1) is 37.5. The van der Waals surface area contributed by atoms with E-state index in [1.807, 2.05) is 0 Å². The highest BCUT2D eigenvalue weighted by Gasteiger charge is 2.18. The van der Waals surface area contributed by atoms with E-state index in [0.29, 0.717) is 11.5 Å². The summed E-state index contributed by atoms with van der Waals surface area (Å²) in [5.41, 5.74) is 0.809. The molecule has 0 heterocycles. The van der Waals surface area contributed by atoms with E-state index in [2.05, 4.69) is 22.9 Å². The normalized spacial score (nSPS) is 11.6. The average molecular weight is 733 g/mol. The fourth-order valence-corrected chi connectivity index (χ4v) is 4.31. The zero-order valence-electron chi connectivity index (χ0n) is 28.1. The fraction of sp³-hybridized carbons (Fsp3) is 0.0500. The van der Waals surface area contributed by atoms with Crippen LogP contribution in [0.15, 0.2) is 146 Å². The van der Waals surface area contributed by atoms with Gasteiger partial charge in [-0.2, -0.15) is 0 Å². The average Bonchev–Trinajstić information content (AvgIpc) is 3.20. The highest BCUT2D eigenvalue weighted by atomic mass is 17.2. The predicted octanol–water partition coefficient (Wildman–Crippen LogP) is 6.75. The van der Waals surface area contributed by atoms with E-state index in [1.165, 1.54) is 109 Å². The van der Waals surface area contributed by atoms with Gasteiger partial charge in [-0.15, -0.1) is 0 Å². The number of esters is 4. The molecule has 0 fully saturated rings. The summed E-state index contributed by atoms with van der Waals surface area (Å²) >= 11 is 0. The molecule has 54 heavy (non-hydrogen) atoms. The van der Waals surface area contributed by atoms with Gasteiger partial charge in [0, 0.05) is 25.0 Å². The molecule has 0 spiro atoms. The molecule has 0 saturated heterocycles. The third kappa shape index (κ3) is 10.6. The molecule has 0 aromatic heterocycles. The minimum absolute atomic E-state index is 0.182. The molecule has 0 bridgehead atoms. The van der Waals surface area contributed by atoms with Gasteiger partial charge in [0.1, 0.15) is 23.0 Å². The summed E-state index contributed by atoms with van der Waals surface area (Å²) in [5.74, 6) is -2.73. The van der Waals surface area contributed by atoms with Gasteiger partial charge in [-0.05, 0) is 109 Å². The zero-order chi connectivity index (χ0) is 38.5. The van der Waals surface area contributed by atoms with Gasteiger partial charge in [-0.3, -0.25) is 9.78 Å². The molecule has 0 radical (unpaired) electrons. The van der Waals surface area contributed by atoms with E-state index in [9.17, 15) is 28.8 Å². The summed E-state index contributed by atoms with van der Waals surface area (Å²) in [6, 6.07) is 22.8. The van der Waals surface area contributed by atoms with Gasteiger partial charge in [0.25, 0.3) is 0 Å². The number of hydrogen-bond acceptors (Lipinski definition) is 14. The van der Waals surface area contributed by atoms with E-state index in [0.717, 1.165) is 12.2 Å². The lowest BCUT2D eigenvalue weighted by atomic mass is 10.1. The topological polar surface area (TPSA) is 176 Å². The number of allylic oxidation sites excluding steroid dienone is 4. The van der Waals surface area contributed by atoms with Crippen molar-refractivity contribution in [3.8, 4) is 23.0 Å². The van der Waals surface area contributed by atoms with Crippen LogP contribution in [0.5, 0.6) is 23.0 Å². The maximum atomic E-state index is 12.7. The molecule has 4 aromatic rings. The predicted molar refractivity (Wildman–Crippen MR) is 186 cm³/mol. The molecule has 0 N–H and O–H groups in total. The van der Waals surface area contributed by atoms with Crippen LogP contribution in [0.2, 0.25) is 0 Å². The fourth-order valence-electron chi connectivity index (χ4n) is 4.31. The largest absolute Gasteiger partial charge is 0.427 e. The van der Waals surface area contributed by atoms with Crippen LogP contribution < -0.4 is 19.2 Å². The van der Waals surface area contributed by atoms with Crippen molar-refractivity contribution in [3.05, 3.63) is 168 Å². The molecule has 4 aromatic carbocycles. The Bertz CT molecular complexity index is 1970. The van der Waals surface area contributed by atoms with Crippen LogP contribution in [0.3, 0.4) is 0 Å². The zero-order valence-corrected chi connectivity index (χ0v) is 28.1. The molecule has 0 atom stereocenters. The first-order valence-corrected chi connectivity index (χ1v) is 15.8. The minimum atomic E-state index is -0.775. The molecule has 14 nitrogen and oxygen atoms in total. The summed E-state index contributed by atoms with van der Waals surface area (Å²) in [6.07, 6.45) is 5.48. The van der Waals surface area contributed by atoms with Gasteiger partial charge >= 0.3 is 35.8 Å². The third-order valence-corrected chi connectivity index (χ3v) is 7.08. The van der Waals surface area contributed by atoms with Crippen molar-refractivity contribution < 1.29 is 67.3 Å². The van der Waals surface area contributed by atoms with E-state index in [4.69, 9.17) is 28.7 Å². The number of benzene rings is 4. The first-order chi connectivity index (χ1) is 26.1. The first-order valence-electron chi connectivity index (χ1n) is 15.8. The Morgan fingerprint density at radius 1 is 0.407 bits per heavy atom. The summed E-state index contributed by atoms with van der Waals surface area (Å²) in [7, 11) is 0. The van der Waals surface area contributed by atoms with Gasteiger partial charge in [0.15, 0.2) is 11.5 Å². The van der Waals surface area contributed by atoms with Gasteiger partial charge in [-0.25, -0.2) is 38.5 Å². The van der Waals surface area contributed by atoms with E-state index >= 15 is 0 Å². The molecule has 1 aliphatic carbocycles. The van der Waals surface area contributed by atoms with Gasteiger partial charge in [0.05, 0.1) is 22.3 Å². The van der Waals surface area contributed by atoms with Crippen molar-refractivity contribution in [3.63, 3.8) is 0 Å². The van der Waals surface area contributed by atoms with Gasteiger partial charge < -0.3 is 18.9 Å². The molecule has 1 aliphatic rings. The van der Waals surface area contributed by atoms with Crippen LogP contribution in [-0.4, -0.2) is 35.8 Å². The lowest BCUT2D eigenvalue weighted by molar-refractivity contribution is -0.207. The van der Waals surface area contributed by atoms with Crippen LogP contribution in [-0.2, 0) is 28.8 Å². The summed E-state index contributed by atoms with van der Waals surface area (Å²) in [6.45, 7) is 6.50. The number of ether oxygens (including phenoxy) is 4. The van der Waals surface area contributed by atoms with Crippen molar-refractivity contribution in [2.45, 2.75) is 12.8 Å². The SMILES string of the molecule is C=CC(=O)OOc1ccc(C(=O)Oc2ccc(C(=O)OC3=CC=C(OC(=O)c4ccc(OC(=O)c5ccc(OOC(=O)C=C)cc5)cc4)CC3)cc2)cc1. The highest BCUT2D eigenvalue weighted by molar-refractivity contribution is 5.93. The molecule has 0 aliphatic heterocycles. The van der Waals surface area contributed by atoms with Crippen molar-refractivity contribution in [2.75, 3.05) is 0 Å². The Morgan fingerprint density at radius 3 is 0.963 bits per heavy atom. The Hall–Kier alpha value is -7.74. The Morgan fingerprint density at radius 2 is 0.685 bits per heavy atom. The lowest BCUT2D eigenvalue weighted by Gasteiger charge is -2.15. The highest BCUT2D eigenvalue weighted by Crippen LogP contribution is 2.24. The second-order valence-corrected chi connectivity index (χ2v) is 10.8. The minimum Gasteiger partial charge on any atom is -0.427 e. The number of carbonyl (C=O) groups excluding carboxylic acids is 6. The molecule has 0 saturated carbocycles. The maximum Gasteiger partial charge on any atom is 0.378 e. The van der Waals surface area contributed by atoms with Crippen LogP contribution in [0.4, 0.5) is 0 Å². The van der Waals surface area contributed by atoms with Crippen molar-refractivity contribution in [1.29, 1.82) is 0 Å². The summed E-state index contributed by atoms with van der Waals surface area (Å²) in [4.78, 5) is 91.2. The van der Waals surface area contributed by atoms with E-state index in [-0.39, 0.29) is 58.1 Å². The van der Waals surface area contributed by atoms with Crippen molar-refractivity contribution in [2.24, 2.45) is 0 Å². The number of hydrogen-bond donors (Lipinski definition) is 0. The van der Waals surface area contributed by atoms with Crippen molar-refractivity contribution in [1.82, 2.24) is 0 Å². The standard InChI is InChI=1S/C40H28O14/c1-3-35(41)53-51-33-17-9-27(10-18-33)39(45)47-29-13-5-25(6-14-29)37(43)49-31-21-23-32(24-22-31)50-38(44)26-7-15-30(16-8-26)48-40(46)28-11-19-34(20-12-28)52-54-36(42)4-2/h3-21,23H,1-2,22,24H2. The number of rotatable bonds is 14. The van der Waals surface area contributed by atoms with Crippen LogP contribution in [0.25, 0.3) is 0 Å². The van der Waals surface area contributed by atoms with Crippen LogP contribution in [0.1, 0.15) is 54.3 Å². The Kier molecular flexibility index (Phi) is 12.5. The maximum absolute atomic E-state index is 12.7. The van der Waals surface area contributed by atoms with Crippen LogP contribution in [0, 0.1) is 0 Å². The number of carbonyl (C=O) groups is 6. The molecule has 0 amide bonds. The Labute approximate surface area is 306 Å². The molecule has 0 unspecified atom stereocenters. The van der Waals surface area contributed by atoms with E-state index in [1.54, 1.807) is 0 Å². The summed E-state index contributed by atoms with van der Waals surface area (Å²) in [5, 5.41) is 0. The van der Waals surface area contributed by atoms with E-state index < -0.39 is 35.8 Å². The molecular weight excluding hydrogens is 704 g/mol. The van der Waals surface area contributed by atoms with Gasteiger partial charge in [0.2, 0.25) is 0 Å². The van der Waals surface area contributed by atoms with Gasteiger partial charge in [-0.1, -0.05) is 13.2 Å². The molecule has 5 rings (SSSR count). The molecule has 14 heteroatoms. The second kappa shape index (κ2) is 18.0. The summed E-state index contributed by atoms with van der Waals surface area (Å²) < 4.78 is 21.6. The molecular formula is C40H28O14. The monoisotopic (exact) mass is 732 g/mol. The van der Waals surface area contributed by atoms with Crippen molar-refractivity contribution >= 4 is 35.8 Å². The Balaban J connectivity index is 1.06. The van der Waals surface area contributed by atoms with Crippen LogP contribution >= 0.6 is 0 Å². The lowest BCUT2D eigenvalue weighted by Crippen LogP contribution is -2.11. The second-order valence-electron chi connectivity index (χ2n) is 10.8. The molecule has 272 valence electrons. The smallest absolute Gasteiger partial charge is 0.378 e.